The van der Waals surface area contributed by atoms with Gasteiger partial charge in [0, 0.05) is 25.9 Å². The van der Waals surface area contributed by atoms with E-state index in [4.69, 9.17) is 4.74 Å². The van der Waals surface area contributed by atoms with E-state index in [-0.39, 0.29) is 11.7 Å². The Balaban J connectivity index is 0.000000399. The highest BCUT2D eigenvalue weighted by Crippen LogP contribution is 2.16. The van der Waals surface area contributed by atoms with Gasteiger partial charge in [0.05, 0.1) is 6.61 Å². The zero-order valence-electron chi connectivity index (χ0n) is 19.2. The number of carbonyl (C=O) groups is 1. The van der Waals surface area contributed by atoms with E-state index in [1.54, 1.807) is 25.4 Å². The zero-order valence-corrected chi connectivity index (χ0v) is 19.2. The van der Waals surface area contributed by atoms with Gasteiger partial charge in [0.1, 0.15) is 11.6 Å². The van der Waals surface area contributed by atoms with Crippen LogP contribution >= 0.6 is 0 Å². The molecule has 2 aromatic rings. The number of amides is 1. The van der Waals surface area contributed by atoms with Gasteiger partial charge in [-0.25, -0.2) is 4.39 Å². The number of rotatable bonds is 12. The molecule has 0 saturated carbocycles. The molecule has 0 aliphatic rings. The maximum atomic E-state index is 12.3. The van der Waals surface area contributed by atoms with Crippen LogP contribution in [-0.2, 0) is 4.79 Å². The van der Waals surface area contributed by atoms with Gasteiger partial charge in [-0.1, -0.05) is 64.0 Å². The first-order valence-corrected chi connectivity index (χ1v) is 11.2. The molecular formula is C26H37FN2O2. The SMILES string of the molecule is CCCCCCCCCCOc1ccc(NC(C)=O)cc1.CN=Cc1ccc(F)cc1. The quantitative estimate of drug-likeness (QED) is 0.291. The van der Waals surface area contributed by atoms with Crippen LogP contribution in [0.2, 0.25) is 0 Å². The number of carbonyl (C=O) groups excluding carboxylic acids is 1. The van der Waals surface area contributed by atoms with Crippen molar-refractivity contribution in [1.29, 1.82) is 0 Å². The van der Waals surface area contributed by atoms with Crippen LogP contribution in [0.5, 0.6) is 5.75 Å². The molecule has 0 aliphatic carbocycles. The lowest BCUT2D eigenvalue weighted by atomic mass is 10.1. The van der Waals surface area contributed by atoms with Crippen molar-refractivity contribution in [3.8, 4) is 5.75 Å². The minimum Gasteiger partial charge on any atom is -0.494 e. The average molecular weight is 429 g/mol. The normalized spacial score (nSPS) is 10.5. The lowest BCUT2D eigenvalue weighted by molar-refractivity contribution is -0.114. The average Bonchev–Trinajstić information content (AvgIpc) is 2.76. The van der Waals surface area contributed by atoms with Crippen molar-refractivity contribution in [2.75, 3.05) is 19.0 Å². The molecule has 0 radical (unpaired) electrons. The Hall–Kier alpha value is -2.69. The third kappa shape index (κ3) is 14.0. The highest BCUT2D eigenvalue weighted by Gasteiger charge is 1.97. The van der Waals surface area contributed by atoms with Gasteiger partial charge in [-0.05, 0) is 48.4 Å². The summed E-state index contributed by atoms with van der Waals surface area (Å²) >= 11 is 0. The summed E-state index contributed by atoms with van der Waals surface area (Å²) in [5, 5.41) is 2.74. The summed E-state index contributed by atoms with van der Waals surface area (Å²) in [7, 11) is 1.68. The zero-order chi connectivity index (χ0) is 22.7. The molecule has 1 amide bonds. The van der Waals surface area contributed by atoms with E-state index in [1.807, 2.05) is 24.3 Å². The number of ether oxygens (including phenoxy) is 1. The van der Waals surface area contributed by atoms with Crippen LogP contribution in [0.1, 0.15) is 70.8 Å². The molecule has 170 valence electrons. The van der Waals surface area contributed by atoms with Gasteiger partial charge in [0.2, 0.25) is 5.91 Å². The van der Waals surface area contributed by atoms with Crippen LogP contribution in [0.4, 0.5) is 10.1 Å². The number of halogens is 1. The van der Waals surface area contributed by atoms with Crippen molar-refractivity contribution in [1.82, 2.24) is 0 Å². The predicted octanol–water partition coefficient (Wildman–Crippen LogP) is 7.04. The molecule has 2 rings (SSSR count). The largest absolute Gasteiger partial charge is 0.494 e. The second-order valence-electron chi connectivity index (χ2n) is 7.47. The van der Waals surface area contributed by atoms with Crippen LogP contribution in [-0.4, -0.2) is 25.8 Å². The van der Waals surface area contributed by atoms with E-state index >= 15 is 0 Å². The number of benzene rings is 2. The Morgan fingerprint density at radius 3 is 2.06 bits per heavy atom. The number of aliphatic imine (C=N–C) groups is 1. The van der Waals surface area contributed by atoms with E-state index in [0.717, 1.165) is 30.0 Å². The van der Waals surface area contributed by atoms with E-state index in [9.17, 15) is 9.18 Å². The third-order valence-corrected chi connectivity index (χ3v) is 4.59. The van der Waals surface area contributed by atoms with Crippen LogP contribution in [0, 0.1) is 5.82 Å². The number of unbranched alkanes of at least 4 members (excludes halogenated alkanes) is 7. The van der Waals surface area contributed by atoms with E-state index in [1.165, 1.54) is 64.0 Å². The van der Waals surface area contributed by atoms with Crippen molar-refractivity contribution in [2.24, 2.45) is 4.99 Å². The molecule has 31 heavy (non-hydrogen) atoms. The molecule has 5 heteroatoms. The topological polar surface area (TPSA) is 50.7 Å². The molecule has 0 saturated heterocycles. The van der Waals surface area contributed by atoms with Crippen molar-refractivity contribution in [2.45, 2.75) is 65.2 Å². The summed E-state index contributed by atoms with van der Waals surface area (Å²) in [5.41, 5.74) is 1.73. The fraction of sp³-hybridized carbons (Fsp3) is 0.462. The maximum Gasteiger partial charge on any atom is 0.221 e. The molecule has 0 fully saturated rings. The molecule has 1 N–H and O–H groups in total. The summed E-state index contributed by atoms with van der Waals surface area (Å²) in [4.78, 5) is 14.7. The van der Waals surface area contributed by atoms with E-state index in [0.29, 0.717) is 0 Å². The molecule has 0 atom stereocenters. The number of nitrogens with one attached hydrogen (secondary N) is 1. The summed E-state index contributed by atoms with van der Waals surface area (Å²) < 4.78 is 18.0. The lowest BCUT2D eigenvalue weighted by Crippen LogP contribution is -2.05. The van der Waals surface area contributed by atoms with Crippen LogP contribution in [0.25, 0.3) is 0 Å². The van der Waals surface area contributed by atoms with Gasteiger partial charge in [0.15, 0.2) is 0 Å². The maximum absolute atomic E-state index is 12.3. The van der Waals surface area contributed by atoms with Gasteiger partial charge in [0.25, 0.3) is 0 Å². The Kier molecular flexibility index (Phi) is 14.5. The molecule has 0 aromatic heterocycles. The molecular weight excluding hydrogens is 391 g/mol. The first kappa shape index (κ1) is 26.3. The molecule has 0 spiro atoms. The lowest BCUT2D eigenvalue weighted by Gasteiger charge is -2.07. The smallest absolute Gasteiger partial charge is 0.221 e. The number of anilines is 1. The Bertz CT molecular complexity index is 743. The Morgan fingerprint density at radius 2 is 1.52 bits per heavy atom. The molecule has 0 bridgehead atoms. The molecule has 0 heterocycles. The monoisotopic (exact) mass is 428 g/mol. The van der Waals surface area contributed by atoms with Gasteiger partial charge < -0.3 is 10.1 Å². The van der Waals surface area contributed by atoms with Gasteiger partial charge in [-0.15, -0.1) is 0 Å². The van der Waals surface area contributed by atoms with Crippen LogP contribution in [0.3, 0.4) is 0 Å². The molecule has 0 aliphatic heterocycles. The number of hydrogen-bond acceptors (Lipinski definition) is 3. The molecule has 2 aromatic carbocycles. The summed E-state index contributed by atoms with van der Waals surface area (Å²) in [6.07, 6.45) is 12.1. The molecule has 4 nitrogen and oxygen atoms in total. The fourth-order valence-corrected chi connectivity index (χ4v) is 2.96. The van der Waals surface area contributed by atoms with Gasteiger partial charge in [-0.2, -0.15) is 0 Å². The van der Waals surface area contributed by atoms with Gasteiger partial charge >= 0.3 is 0 Å². The third-order valence-electron chi connectivity index (χ3n) is 4.59. The van der Waals surface area contributed by atoms with Crippen molar-refractivity contribution >= 4 is 17.8 Å². The highest BCUT2D eigenvalue weighted by atomic mass is 19.1. The summed E-state index contributed by atoms with van der Waals surface area (Å²) in [5.74, 6) is 0.600. The second-order valence-corrected chi connectivity index (χ2v) is 7.47. The standard InChI is InChI=1S/C18H29NO2.C8H8FN/c1-3-4-5-6-7-8-9-10-15-21-18-13-11-17(12-14-18)19-16(2)20;1-10-6-7-2-4-8(9)5-3-7/h11-14H,3-10,15H2,1-2H3,(H,19,20);2-6H,1H3. The second kappa shape index (κ2) is 17.0. The highest BCUT2D eigenvalue weighted by molar-refractivity contribution is 5.88. The van der Waals surface area contributed by atoms with Crippen molar-refractivity contribution in [3.63, 3.8) is 0 Å². The van der Waals surface area contributed by atoms with Crippen molar-refractivity contribution in [3.05, 3.63) is 59.9 Å². The van der Waals surface area contributed by atoms with Gasteiger partial charge in [-0.3, -0.25) is 9.79 Å². The minimum absolute atomic E-state index is 0.0531. The van der Waals surface area contributed by atoms with E-state index in [2.05, 4.69) is 17.2 Å². The Morgan fingerprint density at radius 1 is 0.935 bits per heavy atom. The first-order chi connectivity index (χ1) is 15.0. The Labute approximate surface area is 186 Å². The minimum atomic E-state index is -0.215. The van der Waals surface area contributed by atoms with E-state index < -0.39 is 0 Å². The predicted molar refractivity (Wildman–Crippen MR) is 129 cm³/mol. The number of hydrogen-bond donors (Lipinski definition) is 1. The summed E-state index contributed by atoms with van der Waals surface area (Å²) in [6, 6.07) is 13.7. The molecule has 0 unspecified atom stereocenters. The first-order valence-electron chi connectivity index (χ1n) is 11.2. The van der Waals surface area contributed by atoms with Crippen LogP contribution < -0.4 is 10.1 Å². The van der Waals surface area contributed by atoms with Crippen LogP contribution in [0.15, 0.2) is 53.5 Å². The fourth-order valence-electron chi connectivity index (χ4n) is 2.96. The van der Waals surface area contributed by atoms with Crippen molar-refractivity contribution < 1.29 is 13.9 Å². The summed E-state index contributed by atoms with van der Waals surface area (Å²) in [6.45, 7) is 4.53. The number of nitrogens with zero attached hydrogens (tertiary/aromatic N) is 1.